The van der Waals surface area contributed by atoms with Crippen LogP contribution >= 0.6 is 12.4 Å². The van der Waals surface area contributed by atoms with Gasteiger partial charge in [-0.2, -0.15) is 0 Å². The number of aliphatic hydroxyl groups is 1. The number of carbonyl (C=O) groups is 1. The average Bonchev–Trinajstić information content (AvgIpc) is 2.47. The van der Waals surface area contributed by atoms with E-state index in [0.29, 0.717) is 25.8 Å². The molecule has 7 nitrogen and oxygen atoms in total. The summed E-state index contributed by atoms with van der Waals surface area (Å²) in [5.41, 5.74) is 6.49. The molecule has 23 heavy (non-hydrogen) atoms. The molecule has 1 saturated carbocycles. The molecule has 0 heterocycles. The van der Waals surface area contributed by atoms with Gasteiger partial charge in [-0.1, -0.05) is 12.1 Å². The molecule has 0 aliphatic heterocycles. The van der Waals surface area contributed by atoms with E-state index in [1.165, 1.54) is 12.1 Å². The third-order valence-electron chi connectivity index (χ3n) is 3.96. The lowest BCUT2D eigenvalue weighted by molar-refractivity contribution is -0.127. The number of halogens is 1. The van der Waals surface area contributed by atoms with Gasteiger partial charge in [0, 0.05) is 18.5 Å². The number of carbonyl (C=O) groups excluding carboxylic acids is 1. The van der Waals surface area contributed by atoms with E-state index >= 15 is 0 Å². The van der Waals surface area contributed by atoms with E-state index < -0.39 is 16.1 Å². The number of nitrogens with two attached hydrogens (primary N) is 2. The topological polar surface area (TPSA) is 136 Å². The predicted molar refractivity (Wildman–Crippen MR) is 88.2 cm³/mol. The van der Waals surface area contributed by atoms with E-state index in [1.807, 2.05) is 0 Å². The summed E-state index contributed by atoms with van der Waals surface area (Å²) in [6, 6.07) is 5.76. The zero-order chi connectivity index (χ0) is 16.3. The van der Waals surface area contributed by atoms with Crippen molar-refractivity contribution < 1.29 is 18.3 Å². The van der Waals surface area contributed by atoms with Crippen LogP contribution in [0.2, 0.25) is 0 Å². The zero-order valence-electron chi connectivity index (χ0n) is 12.5. The fourth-order valence-electron chi connectivity index (χ4n) is 2.54. The zero-order valence-corrected chi connectivity index (χ0v) is 14.1. The SMILES string of the molecule is Cl.N[C@@H]1CC[C@H](C(=O)NCc2ccc(S(N)(=O)=O)cc2)C[C@H]1O. The Balaban J connectivity index is 0.00000264. The summed E-state index contributed by atoms with van der Waals surface area (Å²) in [4.78, 5) is 12.1. The van der Waals surface area contributed by atoms with Crippen molar-refractivity contribution in [1.29, 1.82) is 0 Å². The van der Waals surface area contributed by atoms with Crippen LogP contribution in [0.4, 0.5) is 0 Å². The molecular weight excluding hydrogens is 342 g/mol. The molecule has 2 rings (SSSR count). The van der Waals surface area contributed by atoms with Crippen LogP contribution < -0.4 is 16.2 Å². The summed E-state index contributed by atoms with van der Waals surface area (Å²) in [6.45, 7) is 0.294. The Morgan fingerprint density at radius 1 is 1.26 bits per heavy atom. The minimum atomic E-state index is -3.71. The molecule has 1 aromatic carbocycles. The van der Waals surface area contributed by atoms with E-state index in [1.54, 1.807) is 12.1 Å². The number of nitrogens with one attached hydrogen (secondary N) is 1. The summed E-state index contributed by atoms with van der Waals surface area (Å²) in [7, 11) is -3.71. The highest BCUT2D eigenvalue weighted by molar-refractivity contribution is 7.89. The quantitative estimate of drug-likeness (QED) is 0.590. The molecule has 130 valence electrons. The maximum absolute atomic E-state index is 12.1. The summed E-state index contributed by atoms with van der Waals surface area (Å²) < 4.78 is 22.3. The Hall–Kier alpha value is -1.19. The van der Waals surface area contributed by atoms with Crippen LogP contribution in [0.5, 0.6) is 0 Å². The van der Waals surface area contributed by atoms with Crippen LogP contribution in [-0.2, 0) is 21.4 Å². The molecule has 1 fully saturated rings. The Bertz CT molecular complexity index is 636. The van der Waals surface area contributed by atoms with Gasteiger partial charge in [-0.25, -0.2) is 13.6 Å². The average molecular weight is 364 g/mol. The lowest BCUT2D eigenvalue weighted by Crippen LogP contribution is -2.44. The van der Waals surface area contributed by atoms with Gasteiger partial charge in [0.1, 0.15) is 0 Å². The molecule has 0 radical (unpaired) electrons. The standard InChI is InChI=1S/C14H21N3O4S.ClH/c15-12-6-3-10(7-13(12)18)14(19)17-8-9-1-4-11(5-2-9)22(16,20)21;/h1-2,4-5,10,12-13,18H,3,6-8,15H2,(H,17,19)(H2,16,20,21);1H/t10-,12+,13+;/m0./s1. The van der Waals surface area contributed by atoms with Crippen molar-refractivity contribution in [2.24, 2.45) is 16.8 Å². The van der Waals surface area contributed by atoms with Gasteiger partial charge in [-0.15, -0.1) is 12.4 Å². The van der Waals surface area contributed by atoms with Crippen LogP contribution in [0.1, 0.15) is 24.8 Å². The second kappa shape index (κ2) is 8.07. The molecule has 0 saturated heterocycles. The first kappa shape index (κ1) is 19.9. The number of sulfonamides is 1. The van der Waals surface area contributed by atoms with Gasteiger partial charge in [0.05, 0.1) is 11.0 Å². The third-order valence-corrected chi connectivity index (χ3v) is 4.89. The van der Waals surface area contributed by atoms with E-state index in [2.05, 4.69) is 5.32 Å². The van der Waals surface area contributed by atoms with Crippen molar-refractivity contribution in [2.75, 3.05) is 0 Å². The number of amides is 1. The molecule has 0 bridgehead atoms. The van der Waals surface area contributed by atoms with Crippen LogP contribution in [0, 0.1) is 5.92 Å². The number of rotatable bonds is 4. The predicted octanol–water partition coefficient (Wildman–Crippen LogP) is -0.140. The second-order valence-electron chi connectivity index (χ2n) is 5.65. The normalized spacial score (nSPS) is 24.6. The summed E-state index contributed by atoms with van der Waals surface area (Å²) in [5, 5.41) is 17.5. The smallest absolute Gasteiger partial charge is 0.238 e. The summed E-state index contributed by atoms with van der Waals surface area (Å²) >= 11 is 0. The highest BCUT2D eigenvalue weighted by Gasteiger charge is 2.30. The first-order valence-corrected chi connectivity index (χ1v) is 8.65. The van der Waals surface area contributed by atoms with Crippen molar-refractivity contribution in [3.63, 3.8) is 0 Å². The Kier molecular flexibility index (Phi) is 6.97. The molecule has 1 aromatic rings. The lowest BCUT2D eigenvalue weighted by atomic mass is 9.84. The molecule has 1 amide bonds. The summed E-state index contributed by atoms with van der Waals surface area (Å²) in [5.74, 6) is -0.361. The number of hydrogen-bond acceptors (Lipinski definition) is 5. The summed E-state index contributed by atoms with van der Waals surface area (Å²) in [6.07, 6.45) is 1.02. The van der Waals surface area contributed by atoms with Crippen LogP contribution in [0.15, 0.2) is 29.2 Å². The molecule has 1 aliphatic rings. The molecule has 1 aliphatic carbocycles. The maximum Gasteiger partial charge on any atom is 0.238 e. The van der Waals surface area contributed by atoms with Crippen LogP contribution in [0.3, 0.4) is 0 Å². The first-order valence-electron chi connectivity index (χ1n) is 7.10. The number of benzene rings is 1. The minimum Gasteiger partial charge on any atom is -0.391 e. The second-order valence-corrected chi connectivity index (χ2v) is 7.21. The van der Waals surface area contributed by atoms with Gasteiger partial charge in [0.25, 0.3) is 0 Å². The van der Waals surface area contributed by atoms with Gasteiger partial charge >= 0.3 is 0 Å². The Morgan fingerprint density at radius 3 is 2.39 bits per heavy atom. The number of primary sulfonamides is 1. The molecule has 0 spiro atoms. The molecule has 0 aromatic heterocycles. The molecule has 6 N–H and O–H groups in total. The van der Waals surface area contributed by atoms with Crippen molar-refractivity contribution in [3.8, 4) is 0 Å². The highest BCUT2D eigenvalue weighted by Crippen LogP contribution is 2.23. The third kappa shape index (κ3) is 5.43. The van der Waals surface area contributed by atoms with E-state index in [0.717, 1.165) is 5.56 Å². The van der Waals surface area contributed by atoms with Gasteiger partial charge in [0.15, 0.2) is 0 Å². The Labute approximate surface area is 141 Å². The fourth-order valence-corrected chi connectivity index (χ4v) is 3.05. The Morgan fingerprint density at radius 2 is 1.87 bits per heavy atom. The minimum absolute atomic E-state index is 0. The molecular formula is C14H22ClN3O4S. The van der Waals surface area contributed by atoms with Crippen molar-refractivity contribution in [3.05, 3.63) is 29.8 Å². The maximum atomic E-state index is 12.1. The fraction of sp³-hybridized carbons (Fsp3) is 0.500. The molecule has 3 atom stereocenters. The van der Waals surface area contributed by atoms with Crippen molar-refractivity contribution in [1.82, 2.24) is 5.32 Å². The number of hydrogen-bond donors (Lipinski definition) is 4. The first-order chi connectivity index (χ1) is 10.3. The van der Waals surface area contributed by atoms with Crippen molar-refractivity contribution >= 4 is 28.3 Å². The van der Waals surface area contributed by atoms with Crippen molar-refractivity contribution in [2.45, 2.75) is 42.8 Å². The van der Waals surface area contributed by atoms with Gasteiger partial charge in [0.2, 0.25) is 15.9 Å². The van der Waals surface area contributed by atoms with Gasteiger partial charge in [-0.3, -0.25) is 4.79 Å². The lowest BCUT2D eigenvalue weighted by Gasteiger charge is -2.29. The van der Waals surface area contributed by atoms with E-state index in [4.69, 9.17) is 10.9 Å². The van der Waals surface area contributed by atoms with Crippen LogP contribution in [0.25, 0.3) is 0 Å². The van der Waals surface area contributed by atoms with Gasteiger partial charge in [-0.05, 0) is 37.0 Å². The van der Waals surface area contributed by atoms with E-state index in [9.17, 15) is 18.3 Å². The monoisotopic (exact) mass is 363 g/mol. The van der Waals surface area contributed by atoms with Crippen LogP contribution in [-0.4, -0.2) is 31.6 Å². The molecule has 0 unspecified atom stereocenters. The highest BCUT2D eigenvalue weighted by atomic mass is 35.5. The number of aliphatic hydroxyl groups excluding tert-OH is 1. The molecule has 9 heteroatoms. The van der Waals surface area contributed by atoms with E-state index in [-0.39, 0.29) is 35.2 Å². The van der Waals surface area contributed by atoms with Gasteiger partial charge < -0.3 is 16.2 Å². The largest absolute Gasteiger partial charge is 0.391 e.